The highest BCUT2D eigenvalue weighted by atomic mass is 19.4. The summed E-state index contributed by atoms with van der Waals surface area (Å²) in [5.74, 6) is -15.3. The second-order valence-electron chi connectivity index (χ2n) is 2.85. The summed E-state index contributed by atoms with van der Waals surface area (Å²) in [5, 5.41) is 0. The Morgan fingerprint density at radius 3 is 1.35 bits per heavy atom. The fourth-order valence-corrected chi connectivity index (χ4v) is 0.586. The van der Waals surface area contributed by atoms with Gasteiger partial charge in [-0.25, -0.2) is 4.39 Å². The van der Waals surface area contributed by atoms with Gasteiger partial charge >= 0.3 is 30.3 Å². The Labute approximate surface area is 101 Å². The smallest absolute Gasteiger partial charge is 0.397 e. The predicted octanol–water partition coefficient (Wildman–Crippen LogP) is 4.98. The first kappa shape index (κ1) is 18.4. The van der Waals surface area contributed by atoms with Crippen molar-refractivity contribution in [1.82, 2.24) is 0 Å². The van der Waals surface area contributed by atoms with Crippen molar-refractivity contribution in [3.8, 4) is 0 Å². The SMILES string of the molecule is FC(F)=C(F)OC(F)(F)C(F)=C(F)C(F)(F)C(F)(F)F. The number of alkyl halides is 7. The minimum atomic E-state index is -6.80. The molecule has 0 fully saturated rings. The summed E-state index contributed by atoms with van der Waals surface area (Å²) >= 11 is 0. The van der Waals surface area contributed by atoms with Crippen LogP contribution in [-0.2, 0) is 4.74 Å². The maximum Gasteiger partial charge on any atom is 0.460 e. The van der Waals surface area contributed by atoms with Gasteiger partial charge in [0.05, 0.1) is 0 Å². The molecule has 1 nitrogen and oxygen atoms in total. The van der Waals surface area contributed by atoms with Crippen LogP contribution in [0.5, 0.6) is 0 Å². The van der Waals surface area contributed by atoms with E-state index >= 15 is 0 Å². The summed E-state index contributed by atoms with van der Waals surface area (Å²) in [7, 11) is 0. The lowest BCUT2D eigenvalue weighted by Crippen LogP contribution is -2.39. The molecule has 118 valence electrons. The van der Waals surface area contributed by atoms with Gasteiger partial charge in [0.15, 0.2) is 0 Å². The summed E-state index contributed by atoms with van der Waals surface area (Å²) in [6.45, 7) is 0. The molecule has 0 saturated carbocycles. The number of hydrogen-bond acceptors (Lipinski definition) is 1. The first-order valence-corrected chi connectivity index (χ1v) is 3.93. The van der Waals surface area contributed by atoms with E-state index in [0.29, 0.717) is 0 Å². The van der Waals surface area contributed by atoms with Crippen molar-refractivity contribution >= 4 is 0 Å². The Morgan fingerprint density at radius 1 is 0.650 bits per heavy atom. The fraction of sp³-hybridized carbons (Fsp3) is 0.429. The van der Waals surface area contributed by atoms with Gasteiger partial charge < -0.3 is 4.74 Å². The van der Waals surface area contributed by atoms with Crippen molar-refractivity contribution in [3.63, 3.8) is 0 Å². The number of hydrogen-bond donors (Lipinski definition) is 0. The predicted molar refractivity (Wildman–Crippen MR) is 36.6 cm³/mol. The number of halogens is 12. The van der Waals surface area contributed by atoms with E-state index in [1.54, 1.807) is 0 Å². The van der Waals surface area contributed by atoms with Crippen LogP contribution in [0, 0.1) is 0 Å². The van der Waals surface area contributed by atoms with Gasteiger partial charge in [0.1, 0.15) is 0 Å². The van der Waals surface area contributed by atoms with Crippen molar-refractivity contribution < 1.29 is 57.4 Å². The molecule has 0 rings (SSSR count). The Hall–Kier alpha value is -1.56. The molecule has 0 amide bonds. The van der Waals surface area contributed by atoms with E-state index in [0.717, 1.165) is 0 Å². The maximum atomic E-state index is 12.4. The van der Waals surface area contributed by atoms with E-state index in [9.17, 15) is 52.7 Å². The molecule has 0 unspecified atom stereocenters. The van der Waals surface area contributed by atoms with E-state index in [1.807, 2.05) is 0 Å². The van der Waals surface area contributed by atoms with Crippen LogP contribution in [0.15, 0.2) is 23.7 Å². The number of ether oxygens (including phenoxy) is 1. The Balaban J connectivity index is 5.67. The molecule has 0 N–H and O–H groups in total. The van der Waals surface area contributed by atoms with Crippen LogP contribution >= 0.6 is 0 Å². The molecule has 0 heterocycles. The second kappa shape index (κ2) is 5.44. The van der Waals surface area contributed by atoms with Gasteiger partial charge in [0.25, 0.3) is 5.83 Å². The second-order valence-corrected chi connectivity index (χ2v) is 2.85. The third-order valence-electron chi connectivity index (χ3n) is 1.45. The average molecular weight is 328 g/mol. The quantitative estimate of drug-likeness (QED) is 0.522. The van der Waals surface area contributed by atoms with Crippen molar-refractivity contribution in [2.45, 2.75) is 18.2 Å². The van der Waals surface area contributed by atoms with Crippen LogP contribution < -0.4 is 0 Å². The highest BCUT2D eigenvalue weighted by Crippen LogP contribution is 2.46. The third kappa shape index (κ3) is 3.72. The zero-order chi connectivity index (χ0) is 16.5. The molecular weight excluding hydrogens is 328 g/mol. The standard InChI is InChI=1S/C7F12O/c8-1(5(13,14)7(17,18)19)2(9)6(15,16)20-4(12)3(10)11. The van der Waals surface area contributed by atoms with Crippen LogP contribution in [0.25, 0.3) is 0 Å². The lowest BCUT2D eigenvalue weighted by atomic mass is 10.2. The summed E-state index contributed by atoms with van der Waals surface area (Å²) in [4.78, 5) is 0. The Morgan fingerprint density at radius 2 is 1.05 bits per heavy atom. The first-order valence-electron chi connectivity index (χ1n) is 3.93. The zero-order valence-electron chi connectivity index (χ0n) is 8.44. The molecule has 0 aromatic heterocycles. The molecule has 0 radical (unpaired) electrons. The van der Waals surface area contributed by atoms with Gasteiger partial charge in [0.2, 0.25) is 5.83 Å². The molecule has 0 aliphatic carbocycles. The van der Waals surface area contributed by atoms with Crippen LogP contribution in [0.3, 0.4) is 0 Å². The van der Waals surface area contributed by atoms with Crippen LogP contribution in [0.1, 0.15) is 0 Å². The van der Waals surface area contributed by atoms with Gasteiger partial charge in [-0.15, -0.1) is 0 Å². The number of rotatable bonds is 4. The zero-order valence-corrected chi connectivity index (χ0v) is 8.44. The van der Waals surface area contributed by atoms with Crippen LogP contribution in [-0.4, -0.2) is 18.2 Å². The Bertz CT molecular complexity index is 426. The summed E-state index contributed by atoms with van der Waals surface area (Å²) in [6, 6.07) is -3.49. The molecule has 0 aromatic rings. The van der Waals surface area contributed by atoms with Gasteiger partial charge in [-0.3, -0.25) is 0 Å². The van der Waals surface area contributed by atoms with Gasteiger partial charge in [-0.05, 0) is 0 Å². The molecule has 0 aromatic carbocycles. The van der Waals surface area contributed by atoms with Crippen molar-refractivity contribution in [1.29, 1.82) is 0 Å². The minimum Gasteiger partial charge on any atom is -0.397 e. The normalized spacial score (nSPS) is 14.8. The van der Waals surface area contributed by atoms with E-state index in [2.05, 4.69) is 4.74 Å². The minimum absolute atomic E-state index is 2.15. The van der Waals surface area contributed by atoms with E-state index in [-0.39, 0.29) is 0 Å². The molecule has 0 atom stereocenters. The van der Waals surface area contributed by atoms with Gasteiger partial charge in [0, 0.05) is 0 Å². The van der Waals surface area contributed by atoms with E-state index < -0.39 is 42.0 Å². The summed E-state index contributed by atoms with van der Waals surface area (Å²) in [5.41, 5.74) is 0. The van der Waals surface area contributed by atoms with Gasteiger partial charge in [-0.2, -0.15) is 48.3 Å². The molecule has 0 aliphatic heterocycles. The lowest BCUT2D eigenvalue weighted by molar-refractivity contribution is -0.275. The topological polar surface area (TPSA) is 9.23 Å². The van der Waals surface area contributed by atoms with E-state index in [4.69, 9.17) is 0 Å². The summed E-state index contributed by atoms with van der Waals surface area (Å²) in [6.07, 6.45) is -16.6. The van der Waals surface area contributed by atoms with Crippen LogP contribution in [0.2, 0.25) is 0 Å². The van der Waals surface area contributed by atoms with Crippen molar-refractivity contribution in [2.24, 2.45) is 0 Å². The first-order chi connectivity index (χ1) is 8.64. The summed E-state index contributed by atoms with van der Waals surface area (Å²) < 4.78 is 145. The van der Waals surface area contributed by atoms with Crippen molar-refractivity contribution in [3.05, 3.63) is 23.7 Å². The van der Waals surface area contributed by atoms with E-state index in [1.165, 1.54) is 0 Å². The maximum absolute atomic E-state index is 12.4. The lowest BCUT2D eigenvalue weighted by Gasteiger charge is -2.20. The fourth-order valence-electron chi connectivity index (χ4n) is 0.586. The molecule has 0 aliphatic rings. The molecule has 20 heavy (non-hydrogen) atoms. The largest absolute Gasteiger partial charge is 0.460 e. The molecule has 0 bridgehead atoms. The van der Waals surface area contributed by atoms with Crippen molar-refractivity contribution in [2.75, 3.05) is 0 Å². The number of allylic oxidation sites excluding steroid dienone is 1. The molecular formula is C7F12O. The Kier molecular flexibility index (Phi) is 5.01. The van der Waals surface area contributed by atoms with Gasteiger partial charge in [-0.1, -0.05) is 0 Å². The third-order valence-corrected chi connectivity index (χ3v) is 1.45. The van der Waals surface area contributed by atoms with Crippen LogP contribution in [0.4, 0.5) is 52.7 Å². The highest BCUT2D eigenvalue weighted by Gasteiger charge is 2.64. The molecule has 0 spiro atoms. The molecule has 0 saturated heterocycles. The monoisotopic (exact) mass is 328 g/mol. The molecule has 13 heteroatoms. The highest BCUT2D eigenvalue weighted by molar-refractivity contribution is 5.16. The average Bonchev–Trinajstić information content (AvgIpc) is 2.24.